The minimum atomic E-state index is 0.787. The van der Waals surface area contributed by atoms with Crippen LogP contribution in [-0.2, 0) is 0 Å². The van der Waals surface area contributed by atoms with E-state index < -0.39 is 0 Å². The fourth-order valence-electron chi connectivity index (χ4n) is 1.49. The third-order valence-corrected chi connectivity index (χ3v) is 2.35. The van der Waals surface area contributed by atoms with E-state index in [0.29, 0.717) is 0 Å². The summed E-state index contributed by atoms with van der Waals surface area (Å²) in [6.07, 6.45) is 1.69. The van der Waals surface area contributed by atoms with E-state index in [0.717, 1.165) is 18.9 Å². The molecule has 0 spiro atoms. The molecule has 0 atom stereocenters. The van der Waals surface area contributed by atoms with Crippen molar-refractivity contribution in [2.75, 3.05) is 0 Å². The Labute approximate surface area is 102 Å². The minimum absolute atomic E-state index is 0.787. The summed E-state index contributed by atoms with van der Waals surface area (Å²) in [6, 6.07) is 17.8. The van der Waals surface area contributed by atoms with Crippen LogP contribution in [0.4, 0.5) is 0 Å². The van der Waals surface area contributed by atoms with Gasteiger partial charge in [-0.25, -0.2) is 0 Å². The van der Waals surface area contributed by atoms with Gasteiger partial charge in [0.05, 0.1) is 0 Å². The molecule has 0 saturated carbocycles. The van der Waals surface area contributed by atoms with Crippen LogP contribution in [0.15, 0.2) is 67.4 Å². The van der Waals surface area contributed by atoms with Crippen LogP contribution < -0.4 is 15.4 Å². The van der Waals surface area contributed by atoms with E-state index in [1.165, 1.54) is 5.46 Å². The number of rotatable bonds is 5. The minimum Gasteiger partial charge on any atom is -0.457 e. The molecule has 0 amide bonds. The van der Waals surface area contributed by atoms with Crippen LogP contribution in [-0.4, -0.2) is 7.41 Å². The molecule has 0 fully saturated rings. The average Bonchev–Trinajstić information content (AvgIpc) is 2.39. The molecule has 0 saturated heterocycles. The number of benzene rings is 2. The van der Waals surface area contributed by atoms with Crippen molar-refractivity contribution in [3.05, 3.63) is 67.4 Å². The van der Waals surface area contributed by atoms with Crippen LogP contribution in [0, 0.1) is 0 Å². The van der Waals surface area contributed by atoms with Crippen molar-refractivity contribution in [3.63, 3.8) is 0 Å². The van der Waals surface area contributed by atoms with Gasteiger partial charge in [0.15, 0.2) is 0 Å². The van der Waals surface area contributed by atoms with Crippen molar-refractivity contribution in [2.45, 2.75) is 0 Å². The molecular weight excluding hydrogens is 209 g/mol. The highest BCUT2D eigenvalue weighted by molar-refractivity contribution is 6.51. The molecule has 0 aliphatic rings. The summed E-state index contributed by atoms with van der Waals surface area (Å²) >= 11 is 0. The van der Waals surface area contributed by atoms with Crippen LogP contribution in [0.5, 0.6) is 11.5 Å². The van der Waals surface area contributed by atoms with Gasteiger partial charge in [0, 0.05) is 0 Å². The molecule has 84 valence electrons. The third-order valence-electron chi connectivity index (χ3n) is 2.35. The fourth-order valence-corrected chi connectivity index (χ4v) is 1.49. The summed E-state index contributed by atoms with van der Waals surface area (Å²) in [6.45, 7) is 3.61. The third kappa shape index (κ3) is 3.42. The quantitative estimate of drug-likeness (QED) is 0.784. The number of hydrogen-bond acceptors (Lipinski definition) is 2. The Morgan fingerprint density at radius 1 is 0.941 bits per heavy atom. The molecule has 2 aromatic carbocycles. The van der Waals surface area contributed by atoms with Crippen molar-refractivity contribution < 1.29 is 4.74 Å². The Hall–Kier alpha value is -2.16. The van der Waals surface area contributed by atoms with Gasteiger partial charge in [-0.15, -0.1) is 0 Å². The molecule has 3 heteroatoms. The largest absolute Gasteiger partial charge is 0.457 e. The molecule has 1 N–H and O–H groups in total. The summed E-state index contributed by atoms with van der Waals surface area (Å²) in [5.74, 6) is 1.70. The first-order valence-corrected chi connectivity index (χ1v) is 5.54. The van der Waals surface area contributed by atoms with Crippen LogP contribution >= 0.6 is 0 Å². The molecule has 2 nitrogen and oxygen atoms in total. The van der Waals surface area contributed by atoms with Crippen molar-refractivity contribution in [3.8, 4) is 11.5 Å². The van der Waals surface area contributed by atoms with E-state index >= 15 is 0 Å². The lowest BCUT2D eigenvalue weighted by Crippen LogP contribution is -2.25. The Morgan fingerprint density at radius 2 is 1.59 bits per heavy atom. The molecule has 0 unspecified atom stereocenters. The predicted molar refractivity (Wildman–Crippen MR) is 73.1 cm³/mol. The Kier molecular flexibility index (Phi) is 3.87. The lowest BCUT2D eigenvalue weighted by Gasteiger charge is -2.06. The first-order chi connectivity index (χ1) is 8.38. The van der Waals surface area contributed by atoms with Gasteiger partial charge in [0.2, 0.25) is 0 Å². The van der Waals surface area contributed by atoms with Gasteiger partial charge in [0.25, 0.3) is 7.41 Å². The van der Waals surface area contributed by atoms with Crippen molar-refractivity contribution in [1.29, 1.82) is 0 Å². The highest BCUT2D eigenvalue weighted by atomic mass is 16.5. The zero-order chi connectivity index (χ0) is 11.9. The number of ether oxygens (including phenoxy) is 1. The molecule has 0 aromatic heterocycles. The maximum Gasteiger partial charge on any atom is 0.266 e. The second kappa shape index (κ2) is 5.80. The summed E-state index contributed by atoms with van der Waals surface area (Å²) < 4.78 is 5.70. The van der Waals surface area contributed by atoms with Crippen molar-refractivity contribution in [2.24, 2.45) is 0 Å². The Bertz CT molecular complexity index is 467. The molecule has 0 radical (unpaired) electrons. The maximum absolute atomic E-state index is 5.70. The summed E-state index contributed by atoms with van der Waals surface area (Å²) in [4.78, 5) is 0. The first-order valence-electron chi connectivity index (χ1n) is 5.54. The molecule has 0 aliphatic heterocycles. The first kappa shape index (κ1) is 11.3. The van der Waals surface area contributed by atoms with E-state index in [1.54, 1.807) is 6.20 Å². The zero-order valence-corrected chi connectivity index (χ0v) is 9.60. The van der Waals surface area contributed by atoms with E-state index in [4.69, 9.17) is 4.74 Å². The van der Waals surface area contributed by atoms with Crippen LogP contribution in [0.25, 0.3) is 0 Å². The van der Waals surface area contributed by atoms with Crippen LogP contribution in [0.3, 0.4) is 0 Å². The summed E-state index contributed by atoms with van der Waals surface area (Å²) in [7, 11) is 0.787. The van der Waals surface area contributed by atoms with E-state index in [-0.39, 0.29) is 0 Å². The van der Waals surface area contributed by atoms with Gasteiger partial charge in [-0.05, 0) is 30.5 Å². The molecular formula is C14H14BNO. The number of nitrogens with one attached hydrogen (secondary N) is 1. The molecule has 0 bridgehead atoms. The second-order valence-electron chi connectivity index (χ2n) is 3.64. The molecule has 17 heavy (non-hydrogen) atoms. The topological polar surface area (TPSA) is 21.3 Å². The van der Waals surface area contributed by atoms with Gasteiger partial charge in [-0.1, -0.05) is 42.4 Å². The predicted octanol–water partition coefficient (Wildman–Crippen LogP) is 2.19. The lowest BCUT2D eigenvalue weighted by atomic mass is 9.83. The summed E-state index contributed by atoms with van der Waals surface area (Å²) in [5.41, 5.74) is 1.20. The fraction of sp³-hybridized carbons (Fsp3) is 0. The van der Waals surface area contributed by atoms with Crippen molar-refractivity contribution >= 4 is 12.9 Å². The number of para-hydroxylation sites is 1. The number of hydrogen-bond donors (Lipinski definition) is 1. The molecule has 0 heterocycles. The maximum atomic E-state index is 5.70. The lowest BCUT2D eigenvalue weighted by molar-refractivity contribution is 0.483. The van der Waals surface area contributed by atoms with Gasteiger partial charge in [-0.3, -0.25) is 0 Å². The average molecular weight is 223 g/mol. The summed E-state index contributed by atoms with van der Waals surface area (Å²) in [5, 5.41) is 3.06. The van der Waals surface area contributed by atoms with E-state index in [2.05, 4.69) is 11.8 Å². The van der Waals surface area contributed by atoms with E-state index in [1.807, 2.05) is 54.6 Å². The molecule has 2 rings (SSSR count). The Balaban J connectivity index is 2.01. The smallest absolute Gasteiger partial charge is 0.266 e. The van der Waals surface area contributed by atoms with Crippen LogP contribution in [0.1, 0.15) is 0 Å². The molecule has 0 aliphatic carbocycles. The molecule has 2 aromatic rings. The zero-order valence-electron chi connectivity index (χ0n) is 9.60. The second-order valence-corrected chi connectivity index (χ2v) is 3.64. The normalized spacial score (nSPS) is 9.41. The SMILES string of the molecule is C=CNBc1ccc(Oc2ccccc2)cc1. The van der Waals surface area contributed by atoms with Gasteiger partial charge < -0.3 is 9.96 Å². The highest BCUT2D eigenvalue weighted by Crippen LogP contribution is 2.19. The van der Waals surface area contributed by atoms with Gasteiger partial charge in [0.1, 0.15) is 11.5 Å². The van der Waals surface area contributed by atoms with Gasteiger partial charge in [-0.2, -0.15) is 0 Å². The highest BCUT2D eigenvalue weighted by Gasteiger charge is 1.97. The standard InChI is InChI=1S/C14H14BNO/c1-2-16-15-12-8-10-14(11-9-12)17-13-6-4-3-5-7-13/h2-11,15-16H,1H2. The van der Waals surface area contributed by atoms with Crippen LogP contribution in [0.2, 0.25) is 0 Å². The monoisotopic (exact) mass is 223 g/mol. The van der Waals surface area contributed by atoms with E-state index in [9.17, 15) is 0 Å². The van der Waals surface area contributed by atoms with Crippen molar-refractivity contribution in [1.82, 2.24) is 5.23 Å². The Morgan fingerprint density at radius 3 is 2.24 bits per heavy atom. The van der Waals surface area contributed by atoms with Gasteiger partial charge >= 0.3 is 0 Å².